The molecule has 132 valence electrons. The molecular formula is C17H14N4O3S2. The molecule has 0 radical (unpaired) electrons. The third-order valence-corrected chi connectivity index (χ3v) is 5.20. The summed E-state index contributed by atoms with van der Waals surface area (Å²) in [5.74, 6) is 1.13. The number of hydrogen-bond donors (Lipinski definition) is 2. The molecule has 9 heteroatoms. The molecule has 4 heterocycles. The molecule has 0 spiro atoms. The van der Waals surface area contributed by atoms with Crippen LogP contribution in [0.15, 0.2) is 62.4 Å². The minimum Gasteiger partial charge on any atom is -0.463 e. The molecule has 2 N–H and O–H groups in total. The summed E-state index contributed by atoms with van der Waals surface area (Å²) in [4.78, 5) is 24.2. The molecule has 1 amide bonds. The van der Waals surface area contributed by atoms with E-state index in [1.807, 2.05) is 24.4 Å². The number of nitrogens with one attached hydrogen (secondary N) is 2. The van der Waals surface area contributed by atoms with Gasteiger partial charge in [-0.2, -0.15) is 0 Å². The van der Waals surface area contributed by atoms with Gasteiger partial charge in [-0.15, -0.1) is 11.3 Å². The molecule has 4 rings (SSSR count). The number of furan rings is 2. The van der Waals surface area contributed by atoms with Gasteiger partial charge < -0.3 is 19.1 Å². The van der Waals surface area contributed by atoms with Crippen LogP contribution in [0.5, 0.6) is 0 Å². The number of hydrogen-bond acceptors (Lipinski definition) is 7. The minimum atomic E-state index is -0.362. The number of anilines is 1. The number of thiazole rings is 1. The van der Waals surface area contributed by atoms with Crippen molar-refractivity contribution in [2.75, 3.05) is 5.32 Å². The van der Waals surface area contributed by atoms with Crippen LogP contribution >= 0.6 is 23.1 Å². The van der Waals surface area contributed by atoms with Gasteiger partial charge >= 0.3 is 0 Å². The fourth-order valence-corrected chi connectivity index (χ4v) is 3.65. The van der Waals surface area contributed by atoms with Gasteiger partial charge in [-0.1, -0.05) is 11.8 Å². The Bertz CT molecular complexity index is 924. The summed E-state index contributed by atoms with van der Waals surface area (Å²) >= 11 is 2.70. The third kappa shape index (κ3) is 3.44. The Morgan fingerprint density at radius 3 is 2.69 bits per heavy atom. The lowest BCUT2D eigenvalue weighted by Gasteiger charge is -2.08. The second kappa shape index (κ2) is 7.22. The van der Waals surface area contributed by atoms with Gasteiger partial charge in [-0.3, -0.25) is 4.79 Å². The van der Waals surface area contributed by atoms with Crippen molar-refractivity contribution < 1.29 is 13.6 Å². The molecule has 0 aliphatic heterocycles. The number of amides is 1. The number of thioether (sulfide) groups is 1. The molecular weight excluding hydrogens is 372 g/mol. The van der Waals surface area contributed by atoms with E-state index in [2.05, 4.69) is 20.3 Å². The largest absolute Gasteiger partial charge is 0.463 e. The highest BCUT2D eigenvalue weighted by atomic mass is 32.2. The summed E-state index contributed by atoms with van der Waals surface area (Å²) in [5.41, 5.74) is 1.35. The average molecular weight is 386 g/mol. The van der Waals surface area contributed by atoms with Crippen LogP contribution in [0, 0.1) is 0 Å². The molecule has 4 aromatic heterocycles. The predicted octanol–water partition coefficient (Wildman–Crippen LogP) is 4.51. The first-order chi connectivity index (χ1) is 12.7. The fraction of sp³-hybridized carbons (Fsp3) is 0.118. The van der Waals surface area contributed by atoms with Crippen LogP contribution in [0.1, 0.15) is 6.92 Å². The maximum Gasteiger partial charge on any atom is 0.239 e. The summed E-state index contributed by atoms with van der Waals surface area (Å²) in [5, 5.41) is 5.42. The van der Waals surface area contributed by atoms with E-state index >= 15 is 0 Å². The standard InChI is InChI=1S/C17H14N4O3S2/c1-10(15(22)21-16-18-6-9-25-16)26-17-19-13(11-4-2-7-23-11)14(20-17)12-5-3-8-24-12/h2-10H,1H3,(H,19,20)(H,18,21,22). The number of rotatable bonds is 6. The van der Waals surface area contributed by atoms with Crippen molar-refractivity contribution in [3.63, 3.8) is 0 Å². The molecule has 26 heavy (non-hydrogen) atoms. The van der Waals surface area contributed by atoms with Crippen molar-refractivity contribution in [2.24, 2.45) is 0 Å². The number of carbonyl (C=O) groups excluding carboxylic acids is 1. The highest BCUT2D eigenvalue weighted by molar-refractivity contribution is 8.00. The van der Waals surface area contributed by atoms with Crippen LogP contribution in [0.2, 0.25) is 0 Å². The molecule has 1 atom stereocenters. The van der Waals surface area contributed by atoms with Crippen LogP contribution in [-0.2, 0) is 4.79 Å². The normalized spacial score (nSPS) is 12.2. The van der Waals surface area contributed by atoms with Crippen molar-refractivity contribution >= 4 is 34.1 Å². The van der Waals surface area contributed by atoms with E-state index in [4.69, 9.17) is 8.83 Å². The van der Waals surface area contributed by atoms with Crippen LogP contribution in [-0.4, -0.2) is 26.1 Å². The SMILES string of the molecule is CC(Sc1nc(-c2ccco2)c(-c2ccco2)[nH]1)C(=O)Nc1nccs1. The third-order valence-electron chi connectivity index (χ3n) is 3.52. The van der Waals surface area contributed by atoms with Crippen molar-refractivity contribution in [3.05, 3.63) is 48.4 Å². The zero-order valence-corrected chi connectivity index (χ0v) is 15.3. The Hall–Kier alpha value is -2.78. The van der Waals surface area contributed by atoms with E-state index in [0.29, 0.717) is 33.2 Å². The van der Waals surface area contributed by atoms with Crippen LogP contribution in [0.3, 0.4) is 0 Å². The number of aromatic amines is 1. The molecule has 0 aliphatic carbocycles. The van der Waals surface area contributed by atoms with Gasteiger partial charge in [0.1, 0.15) is 11.4 Å². The second-order valence-electron chi connectivity index (χ2n) is 5.31. The molecule has 0 saturated heterocycles. The molecule has 0 fully saturated rings. The monoisotopic (exact) mass is 386 g/mol. The van der Waals surface area contributed by atoms with Gasteiger partial charge in [0.15, 0.2) is 21.8 Å². The Balaban J connectivity index is 1.57. The Morgan fingerprint density at radius 2 is 2.04 bits per heavy atom. The summed E-state index contributed by atoms with van der Waals surface area (Å²) in [7, 11) is 0. The molecule has 0 aliphatic rings. The summed E-state index contributed by atoms with van der Waals surface area (Å²) in [6.45, 7) is 1.81. The summed E-state index contributed by atoms with van der Waals surface area (Å²) in [6, 6.07) is 7.27. The van der Waals surface area contributed by atoms with Crippen LogP contribution < -0.4 is 5.32 Å². The van der Waals surface area contributed by atoms with Gasteiger partial charge in [0.25, 0.3) is 0 Å². The lowest BCUT2D eigenvalue weighted by molar-refractivity contribution is -0.115. The van der Waals surface area contributed by atoms with E-state index in [0.717, 1.165) is 0 Å². The second-order valence-corrected chi connectivity index (χ2v) is 7.53. The molecule has 1 unspecified atom stereocenters. The number of H-pyrrole nitrogens is 1. The average Bonchev–Trinajstić information content (AvgIpc) is 3.40. The fourth-order valence-electron chi connectivity index (χ4n) is 2.31. The van der Waals surface area contributed by atoms with Crippen molar-refractivity contribution in [2.45, 2.75) is 17.3 Å². The summed E-state index contributed by atoms with van der Waals surface area (Å²) < 4.78 is 11.0. The molecule has 7 nitrogen and oxygen atoms in total. The van der Waals surface area contributed by atoms with Crippen LogP contribution in [0.4, 0.5) is 5.13 Å². The number of nitrogens with zero attached hydrogens (tertiary/aromatic N) is 2. The van der Waals surface area contributed by atoms with E-state index in [1.54, 1.807) is 30.9 Å². The van der Waals surface area contributed by atoms with Crippen molar-refractivity contribution in [1.29, 1.82) is 0 Å². The highest BCUT2D eigenvalue weighted by Gasteiger charge is 2.22. The smallest absolute Gasteiger partial charge is 0.239 e. The van der Waals surface area contributed by atoms with Gasteiger partial charge in [-0.25, -0.2) is 9.97 Å². The van der Waals surface area contributed by atoms with E-state index in [9.17, 15) is 4.79 Å². The van der Waals surface area contributed by atoms with E-state index in [-0.39, 0.29) is 11.2 Å². The number of aromatic nitrogens is 3. The Morgan fingerprint density at radius 1 is 1.27 bits per heavy atom. The van der Waals surface area contributed by atoms with Crippen molar-refractivity contribution in [3.8, 4) is 22.9 Å². The predicted molar refractivity (Wildman–Crippen MR) is 100 cm³/mol. The lowest BCUT2D eigenvalue weighted by Crippen LogP contribution is -2.22. The zero-order valence-electron chi connectivity index (χ0n) is 13.6. The van der Waals surface area contributed by atoms with Gasteiger partial charge in [0.2, 0.25) is 5.91 Å². The maximum atomic E-state index is 12.3. The first-order valence-corrected chi connectivity index (χ1v) is 9.51. The van der Waals surface area contributed by atoms with Crippen LogP contribution in [0.25, 0.3) is 22.9 Å². The maximum absolute atomic E-state index is 12.3. The lowest BCUT2D eigenvalue weighted by atomic mass is 10.2. The minimum absolute atomic E-state index is 0.138. The van der Waals surface area contributed by atoms with E-state index in [1.165, 1.54) is 23.1 Å². The first kappa shape index (κ1) is 16.7. The Kier molecular flexibility index (Phi) is 4.63. The highest BCUT2D eigenvalue weighted by Crippen LogP contribution is 2.34. The van der Waals surface area contributed by atoms with Crippen molar-refractivity contribution in [1.82, 2.24) is 15.0 Å². The van der Waals surface area contributed by atoms with Gasteiger partial charge in [0, 0.05) is 11.6 Å². The molecule has 0 aromatic carbocycles. The topological polar surface area (TPSA) is 97.0 Å². The van der Waals surface area contributed by atoms with Gasteiger partial charge in [0.05, 0.1) is 17.8 Å². The first-order valence-electron chi connectivity index (χ1n) is 7.75. The molecule has 0 bridgehead atoms. The molecule has 4 aromatic rings. The van der Waals surface area contributed by atoms with Gasteiger partial charge in [-0.05, 0) is 31.2 Å². The number of imidazole rings is 1. The summed E-state index contributed by atoms with van der Waals surface area (Å²) in [6.07, 6.45) is 4.84. The Labute approximate surface area is 156 Å². The zero-order chi connectivity index (χ0) is 17.9. The molecule has 0 saturated carbocycles. The number of carbonyl (C=O) groups is 1. The van der Waals surface area contributed by atoms with E-state index < -0.39 is 0 Å². The quantitative estimate of drug-likeness (QED) is 0.473.